The Labute approximate surface area is 133 Å². The fourth-order valence-corrected chi connectivity index (χ4v) is 2.37. The van der Waals surface area contributed by atoms with Crippen LogP contribution in [0.3, 0.4) is 0 Å². The van der Waals surface area contributed by atoms with Crippen LogP contribution in [0.15, 0.2) is 41.6 Å². The number of benzene rings is 1. The van der Waals surface area contributed by atoms with Crippen LogP contribution in [0.25, 0.3) is 22.2 Å². The molecule has 3 aromatic rings. The largest absolute Gasteiger partial charge is 0.419 e. The van der Waals surface area contributed by atoms with Gasteiger partial charge >= 0.3 is 6.18 Å². The lowest BCUT2D eigenvalue weighted by molar-refractivity contribution is -0.138. The maximum absolute atomic E-state index is 14.3. The minimum atomic E-state index is -4.54. The summed E-state index contributed by atoms with van der Waals surface area (Å²) in [5.41, 5.74) is -1.26. The van der Waals surface area contributed by atoms with Crippen LogP contribution in [0, 0.1) is 5.82 Å². The first-order valence-corrected chi connectivity index (χ1v) is 7.03. The molecular formula is C16H11F4N3O. The zero-order valence-electron chi connectivity index (χ0n) is 12.4. The van der Waals surface area contributed by atoms with Gasteiger partial charge in [0.05, 0.1) is 10.9 Å². The van der Waals surface area contributed by atoms with Crippen LogP contribution in [0.2, 0.25) is 0 Å². The molecule has 0 bridgehead atoms. The molecule has 0 aliphatic rings. The van der Waals surface area contributed by atoms with Crippen LogP contribution in [0.1, 0.15) is 12.5 Å². The quantitative estimate of drug-likeness (QED) is 0.671. The number of hydrogen-bond acceptors (Lipinski definition) is 3. The van der Waals surface area contributed by atoms with E-state index < -0.39 is 23.1 Å². The molecule has 2 heterocycles. The number of fused-ring (bicyclic) bond motifs is 1. The van der Waals surface area contributed by atoms with Gasteiger partial charge in [0, 0.05) is 30.7 Å². The van der Waals surface area contributed by atoms with Crippen molar-refractivity contribution >= 4 is 10.8 Å². The van der Waals surface area contributed by atoms with Crippen molar-refractivity contribution in [2.24, 2.45) is 0 Å². The van der Waals surface area contributed by atoms with E-state index in [4.69, 9.17) is 0 Å². The molecule has 0 fully saturated rings. The van der Waals surface area contributed by atoms with Crippen molar-refractivity contribution in [2.75, 3.05) is 0 Å². The summed E-state index contributed by atoms with van der Waals surface area (Å²) < 4.78 is 53.3. The van der Waals surface area contributed by atoms with Crippen LogP contribution < -0.4 is 5.56 Å². The number of rotatable bonds is 2. The maximum Gasteiger partial charge on any atom is 0.419 e. The van der Waals surface area contributed by atoms with Gasteiger partial charge < -0.3 is 4.57 Å². The second kappa shape index (κ2) is 5.70. The average molecular weight is 337 g/mol. The summed E-state index contributed by atoms with van der Waals surface area (Å²) >= 11 is 0. The lowest BCUT2D eigenvalue weighted by Crippen LogP contribution is -2.19. The molecule has 0 unspecified atom stereocenters. The number of pyridine rings is 1. The van der Waals surface area contributed by atoms with Gasteiger partial charge in [-0.05, 0) is 30.5 Å². The molecule has 8 heteroatoms. The average Bonchev–Trinajstić information content (AvgIpc) is 2.54. The molecule has 0 radical (unpaired) electrons. The highest BCUT2D eigenvalue weighted by molar-refractivity contribution is 5.86. The van der Waals surface area contributed by atoms with E-state index in [2.05, 4.69) is 9.97 Å². The molecule has 124 valence electrons. The van der Waals surface area contributed by atoms with Crippen molar-refractivity contribution in [2.45, 2.75) is 19.6 Å². The first-order chi connectivity index (χ1) is 11.3. The zero-order chi connectivity index (χ0) is 17.5. The molecule has 3 rings (SSSR count). The molecule has 2 aromatic heterocycles. The summed E-state index contributed by atoms with van der Waals surface area (Å²) in [5.74, 6) is -0.817. The third kappa shape index (κ3) is 2.75. The Hall–Kier alpha value is -2.77. The van der Waals surface area contributed by atoms with Crippen LogP contribution >= 0.6 is 0 Å². The number of alkyl halides is 3. The van der Waals surface area contributed by atoms with E-state index in [1.54, 1.807) is 13.0 Å². The Morgan fingerprint density at radius 3 is 2.42 bits per heavy atom. The van der Waals surface area contributed by atoms with Crippen molar-refractivity contribution in [3.05, 3.63) is 58.5 Å². The van der Waals surface area contributed by atoms with E-state index >= 15 is 0 Å². The number of aromatic nitrogens is 3. The molecule has 24 heavy (non-hydrogen) atoms. The lowest BCUT2D eigenvalue weighted by Gasteiger charge is -2.08. The Kier molecular flexibility index (Phi) is 3.82. The standard InChI is InChI=1S/C16H11F4N3O/c1-2-23-4-3-9-5-10(6-12(17)13(9)15(23)24)14-21-7-11(8-22-14)16(18,19)20/h3-8H,2H2,1H3. The molecule has 0 amide bonds. The first-order valence-electron chi connectivity index (χ1n) is 7.03. The minimum absolute atomic E-state index is 0.0523. The Morgan fingerprint density at radius 1 is 1.17 bits per heavy atom. The molecule has 0 spiro atoms. The summed E-state index contributed by atoms with van der Waals surface area (Å²) in [6.45, 7) is 2.16. The fourth-order valence-electron chi connectivity index (χ4n) is 2.37. The predicted molar refractivity (Wildman–Crippen MR) is 79.9 cm³/mol. The van der Waals surface area contributed by atoms with Crippen molar-refractivity contribution in [3.8, 4) is 11.4 Å². The molecule has 0 aliphatic carbocycles. The first kappa shape index (κ1) is 16.1. The lowest BCUT2D eigenvalue weighted by atomic mass is 10.1. The smallest absolute Gasteiger partial charge is 0.315 e. The van der Waals surface area contributed by atoms with Crippen molar-refractivity contribution in [1.82, 2.24) is 14.5 Å². The highest BCUT2D eigenvalue weighted by Gasteiger charge is 2.31. The molecule has 1 aromatic carbocycles. The van der Waals surface area contributed by atoms with E-state index in [-0.39, 0.29) is 16.8 Å². The highest BCUT2D eigenvalue weighted by Crippen LogP contribution is 2.29. The fraction of sp³-hybridized carbons (Fsp3) is 0.188. The molecule has 4 nitrogen and oxygen atoms in total. The molecule has 0 aliphatic heterocycles. The third-order valence-corrected chi connectivity index (χ3v) is 3.61. The molecule has 0 saturated carbocycles. The van der Waals surface area contributed by atoms with Crippen LogP contribution in [-0.4, -0.2) is 14.5 Å². The summed E-state index contributed by atoms with van der Waals surface area (Å²) in [4.78, 5) is 19.4. The van der Waals surface area contributed by atoms with Crippen molar-refractivity contribution < 1.29 is 17.6 Å². The van der Waals surface area contributed by atoms with Crippen LogP contribution in [0.5, 0.6) is 0 Å². The topological polar surface area (TPSA) is 47.8 Å². The molecule has 0 N–H and O–H groups in total. The number of halogens is 4. The van der Waals surface area contributed by atoms with Gasteiger partial charge in [-0.2, -0.15) is 13.2 Å². The second-order valence-electron chi connectivity index (χ2n) is 5.12. The van der Waals surface area contributed by atoms with Crippen LogP contribution in [0.4, 0.5) is 17.6 Å². The van der Waals surface area contributed by atoms with Gasteiger partial charge in [0.1, 0.15) is 5.82 Å². The highest BCUT2D eigenvalue weighted by atomic mass is 19.4. The van der Waals surface area contributed by atoms with Gasteiger partial charge in [-0.1, -0.05) is 0 Å². The van der Waals surface area contributed by atoms with Crippen molar-refractivity contribution in [3.63, 3.8) is 0 Å². The summed E-state index contributed by atoms with van der Waals surface area (Å²) in [5, 5.41) is 0.262. The van der Waals surface area contributed by atoms with Crippen molar-refractivity contribution in [1.29, 1.82) is 0 Å². The van der Waals surface area contributed by atoms with Gasteiger partial charge in [0.2, 0.25) is 0 Å². The number of nitrogens with zero attached hydrogens (tertiary/aromatic N) is 3. The van der Waals surface area contributed by atoms with Gasteiger partial charge in [-0.15, -0.1) is 0 Å². The summed E-state index contributed by atoms with van der Waals surface area (Å²) in [7, 11) is 0. The minimum Gasteiger partial charge on any atom is -0.315 e. The number of aryl methyl sites for hydroxylation is 1. The van der Waals surface area contributed by atoms with Gasteiger partial charge in [0.25, 0.3) is 5.56 Å². The SMILES string of the molecule is CCn1ccc2cc(-c3ncc(C(F)(F)F)cn3)cc(F)c2c1=O. The second-order valence-corrected chi connectivity index (χ2v) is 5.12. The van der Waals surface area contributed by atoms with E-state index in [1.807, 2.05) is 0 Å². The maximum atomic E-state index is 14.3. The Balaban J connectivity index is 2.13. The van der Waals surface area contributed by atoms with Gasteiger partial charge in [0.15, 0.2) is 5.82 Å². The monoisotopic (exact) mass is 337 g/mol. The van der Waals surface area contributed by atoms with Gasteiger partial charge in [-0.25, -0.2) is 14.4 Å². The summed E-state index contributed by atoms with van der Waals surface area (Å²) in [6, 6.07) is 4.09. The van der Waals surface area contributed by atoms with E-state index in [0.29, 0.717) is 24.3 Å². The van der Waals surface area contributed by atoms with Crippen LogP contribution in [-0.2, 0) is 12.7 Å². The zero-order valence-corrected chi connectivity index (χ0v) is 12.4. The summed E-state index contributed by atoms with van der Waals surface area (Å²) in [6.07, 6.45) is -1.74. The molecular weight excluding hydrogens is 326 g/mol. The molecule has 0 atom stereocenters. The number of hydrogen-bond donors (Lipinski definition) is 0. The third-order valence-electron chi connectivity index (χ3n) is 3.61. The molecule has 0 saturated heterocycles. The van der Waals surface area contributed by atoms with E-state index in [9.17, 15) is 22.4 Å². The predicted octanol–water partition coefficient (Wildman–Crippen LogP) is 3.64. The Bertz CT molecular complexity index is 962. The normalized spacial score (nSPS) is 11.9. The van der Waals surface area contributed by atoms with E-state index in [0.717, 1.165) is 6.07 Å². The van der Waals surface area contributed by atoms with Gasteiger partial charge in [-0.3, -0.25) is 4.79 Å². The Morgan fingerprint density at radius 2 is 1.83 bits per heavy atom. The van der Waals surface area contributed by atoms with E-state index in [1.165, 1.54) is 16.8 Å².